The molecule has 0 aliphatic carbocycles. The predicted octanol–water partition coefficient (Wildman–Crippen LogP) is 2.32. The summed E-state index contributed by atoms with van der Waals surface area (Å²) in [6.07, 6.45) is 7.13. The minimum atomic E-state index is -0.450. The Kier molecular flexibility index (Phi) is 9.40. The molecule has 0 aromatic carbocycles. The number of esters is 2. The van der Waals surface area contributed by atoms with E-state index >= 15 is 0 Å². The minimum Gasteiger partial charge on any atom is -0.466 e. The number of nitrogens with zero attached hydrogens (tertiary/aromatic N) is 2. The molecular weight excluding hydrogens is 332 g/mol. The molecule has 2 atom stereocenters. The summed E-state index contributed by atoms with van der Waals surface area (Å²) in [5.41, 5.74) is 0. The van der Waals surface area contributed by atoms with Crippen LogP contribution in [-0.4, -0.2) is 74.2 Å². The highest BCUT2D eigenvalue weighted by Crippen LogP contribution is 2.23. The average Bonchev–Trinajstić information content (AvgIpc) is 2.66. The van der Waals surface area contributed by atoms with Gasteiger partial charge in [-0.05, 0) is 65.7 Å². The van der Waals surface area contributed by atoms with E-state index in [-0.39, 0.29) is 11.9 Å². The van der Waals surface area contributed by atoms with E-state index in [4.69, 9.17) is 9.47 Å². The van der Waals surface area contributed by atoms with E-state index in [2.05, 4.69) is 9.80 Å². The topological polar surface area (TPSA) is 59.1 Å². The van der Waals surface area contributed by atoms with E-state index in [1.165, 1.54) is 12.8 Å². The van der Waals surface area contributed by atoms with Crippen molar-refractivity contribution in [1.82, 2.24) is 9.80 Å². The lowest BCUT2D eigenvalue weighted by Crippen LogP contribution is -2.47. The van der Waals surface area contributed by atoms with Gasteiger partial charge in [0, 0.05) is 13.1 Å². The Bertz CT molecular complexity index is 392. The van der Waals surface area contributed by atoms with E-state index in [9.17, 15) is 9.59 Å². The van der Waals surface area contributed by atoms with Gasteiger partial charge in [0.25, 0.3) is 0 Å². The molecule has 2 saturated heterocycles. The first-order valence-electron chi connectivity index (χ1n) is 10.4. The zero-order chi connectivity index (χ0) is 18.8. The van der Waals surface area contributed by atoms with Crippen molar-refractivity contribution in [3.63, 3.8) is 0 Å². The van der Waals surface area contributed by atoms with E-state index < -0.39 is 11.8 Å². The van der Waals surface area contributed by atoms with Crippen LogP contribution in [-0.2, 0) is 19.1 Å². The van der Waals surface area contributed by atoms with E-state index in [1.807, 2.05) is 13.8 Å². The standard InChI is InChI=1S/C20H36N2O4/c1-3-25-19(23)17(15-21-11-7-5-8-12-21)18(20(24)26-4-2)16-22-13-9-6-10-14-22/h17-18H,3-16H2,1-2H3. The summed E-state index contributed by atoms with van der Waals surface area (Å²) in [4.78, 5) is 30.1. The van der Waals surface area contributed by atoms with Gasteiger partial charge >= 0.3 is 11.9 Å². The molecule has 2 heterocycles. The van der Waals surface area contributed by atoms with E-state index in [0.717, 1.165) is 51.9 Å². The molecule has 2 fully saturated rings. The van der Waals surface area contributed by atoms with E-state index in [0.29, 0.717) is 26.3 Å². The first kappa shape index (κ1) is 21.2. The summed E-state index contributed by atoms with van der Waals surface area (Å²) in [5.74, 6) is -1.41. The molecule has 0 saturated carbocycles. The Morgan fingerprint density at radius 3 is 1.35 bits per heavy atom. The second-order valence-electron chi connectivity index (χ2n) is 7.44. The van der Waals surface area contributed by atoms with Crippen LogP contribution in [0.4, 0.5) is 0 Å². The molecule has 2 aliphatic rings. The molecule has 2 unspecified atom stereocenters. The number of piperidine rings is 2. The van der Waals surface area contributed by atoms with Crippen LogP contribution in [0.2, 0.25) is 0 Å². The van der Waals surface area contributed by atoms with Crippen molar-refractivity contribution in [2.24, 2.45) is 11.8 Å². The fourth-order valence-corrected chi connectivity index (χ4v) is 4.07. The highest BCUT2D eigenvalue weighted by atomic mass is 16.5. The van der Waals surface area contributed by atoms with Crippen LogP contribution in [0.15, 0.2) is 0 Å². The van der Waals surface area contributed by atoms with Gasteiger partial charge in [0.1, 0.15) is 0 Å². The maximum Gasteiger partial charge on any atom is 0.311 e. The van der Waals surface area contributed by atoms with Gasteiger partial charge in [0.15, 0.2) is 0 Å². The Labute approximate surface area is 158 Å². The molecule has 150 valence electrons. The third-order valence-electron chi connectivity index (χ3n) is 5.47. The number of rotatable bonds is 9. The van der Waals surface area contributed by atoms with Gasteiger partial charge in [-0.1, -0.05) is 12.8 Å². The average molecular weight is 369 g/mol. The number of carbonyl (C=O) groups excluding carboxylic acids is 2. The van der Waals surface area contributed by atoms with Gasteiger partial charge < -0.3 is 19.3 Å². The normalized spacial score (nSPS) is 21.8. The summed E-state index contributed by atoms with van der Waals surface area (Å²) in [6.45, 7) is 9.49. The van der Waals surface area contributed by atoms with Gasteiger partial charge in [-0.3, -0.25) is 9.59 Å². The Hall–Kier alpha value is -1.14. The second-order valence-corrected chi connectivity index (χ2v) is 7.44. The molecule has 0 spiro atoms. The quantitative estimate of drug-likeness (QED) is 0.582. The van der Waals surface area contributed by atoms with Crippen LogP contribution >= 0.6 is 0 Å². The second kappa shape index (κ2) is 11.5. The van der Waals surface area contributed by atoms with E-state index in [1.54, 1.807) is 0 Å². The van der Waals surface area contributed by atoms with Crippen molar-refractivity contribution in [2.45, 2.75) is 52.4 Å². The zero-order valence-electron chi connectivity index (χ0n) is 16.6. The van der Waals surface area contributed by atoms with Crippen LogP contribution in [0.5, 0.6) is 0 Å². The van der Waals surface area contributed by atoms with Crippen molar-refractivity contribution < 1.29 is 19.1 Å². The van der Waals surface area contributed by atoms with Gasteiger partial charge in [0.05, 0.1) is 25.0 Å². The Morgan fingerprint density at radius 1 is 0.692 bits per heavy atom. The maximum absolute atomic E-state index is 12.7. The van der Waals surface area contributed by atoms with Crippen LogP contribution < -0.4 is 0 Å². The molecule has 2 aliphatic heterocycles. The molecular formula is C20H36N2O4. The highest BCUT2D eigenvalue weighted by Gasteiger charge is 2.38. The number of hydrogen-bond acceptors (Lipinski definition) is 6. The predicted molar refractivity (Wildman–Crippen MR) is 101 cm³/mol. The summed E-state index contributed by atoms with van der Waals surface area (Å²) >= 11 is 0. The van der Waals surface area contributed by atoms with Gasteiger partial charge in [0.2, 0.25) is 0 Å². The first-order chi connectivity index (χ1) is 12.7. The third-order valence-corrected chi connectivity index (χ3v) is 5.47. The molecule has 0 aromatic rings. The van der Waals surface area contributed by atoms with Gasteiger partial charge in [-0.15, -0.1) is 0 Å². The Balaban J connectivity index is 2.13. The molecule has 26 heavy (non-hydrogen) atoms. The van der Waals surface area contributed by atoms with Crippen molar-refractivity contribution in [3.8, 4) is 0 Å². The molecule has 0 aromatic heterocycles. The molecule has 0 amide bonds. The number of ether oxygens (including phenoxy) is 2. The summed E-state index contributed by atoms with van der Waals surface area (Å²) < 4.78 is 10.7. The van der Waals surface area contributed by atoms with Gasteiger partial charge in [-0.25, -0.2) is 0 Å². The number of carbonyl (C=O) groups is 2. The van der Waals surface area contributed by atoms with Gasteiger partial charge in [-0.2, -0.15) is 0 Å². The zero-order valence-corrected chi connectivity index (χ0v) is 16.6. The Morgan fingerprint density at radius 2 is 1.04 bits per heavy atom. The van der Waals surface area contributed by atoms with Crippen LogP contribution in [0.3, 0.4) is 0 Å². The lowest BCUT2D eigenvalue weighted by molar-refractivity contribution is -0.162. The van der Waals surface area contributed by atoms with Crippen molar-refractivity contribution in [2.75, 3.05) is 52.5 Å². The monoisotopic (exact) mass is 368 g/mol. The highest BCUT2D eigenvalue weighted by molar-refractivity contribution is 5.82. The largest absolute Gasteiger partial charge is 0.466 e. The molecule has 6 heteroatoms. The molecule has 2 rings (SSSR count). The third kappa shape index (κ3) is 6.54. The van der Waals surface area contributed by atoms with Crippen LogP contribution in [0.25, 0.3) is 0 Å². The van der Waals surface area contributed by atoms with Crippen LogP contribution in [0.1, 0.15) is 52.4 Å². The SMILES string of the molecule is CCOC(=O)C(CN1CCCCC1)C(CN1CCCCC1)C(=O)OCC. The first-order valence-corrected chi connectivity index (χ1v) is 10.4. The smallest absolute Gasteiger partial charge is 0.311 e. The molecule has 6 nitrogen and oxygen atoms in total. The summed E-state index contributed by atoms with van der Waals surface area (Å²) in [5, 5.41) is 0. The fourth-order valence-electron chi connectivity index (χ4n) is 4.07. The molecule has 0 radical (unpaired) electrons. The number of hydrogen-bond donors (Lipinski definition) is 0. The summed E-state index contributed by atoms with van der Waals surface area (Å²) in [7, 11) is 0. The fraction of sp³-hybridized carbons (Fsp3) is 0.900. The van der Waals surface area contributed by atoms with Crippen LogP contribution in [0, 0.1) is 11.8 Å². The molecule has 0 bridgehead atoms. The number of likely N-dealkylation sites (tertiary alicyclic amines) is 2. The molecule has 0 N–H and O–H groups in total. The minimum absolute atomic E-state index is 0.256. The summed E-state index contributed by atoms with van der Waals surface area (Å²) in [6, 6.07) is 0. The maximum atomic E-state index is 12.7. The lowest BCUT2D eigenvalue weighted by atomic mass is 9.89. The van der Waals surface area contributed by atoms with Crippen molar-refractivity contribution in [3.05, 3.63) is 0 Å². The van der Waals surface area contributed by atoms with Crippen molar-refractivity contribution in [1.29, 1.82) is 0 Å². The van der Waals surface area contributed by atoms with Crippen molar-refractivity contribution >= 4 is 11.9 Å². The lowest BCUT2D eigenvalue weighted by Gasteiger charge is -2.35.